The third-order valence-corrected chi connectivity index (χ3v) is 5.76. The highest BCUT2D eigenvalue weighted by molar-refractivity contribution is 7.92. The van der Waals surface area contributed by atoms with Crippen LogP contribution in [0.3, 0.4) is 0 Å². The average Bonchev–Trinajstić information content (AvgIpc) is 3.09. The Kier molecular flexibility index (Phi) is 4.44. The van der Waals surface area contributed by atoms with Crippen LogP contribution in [0, 0.1) is 13.8 Å². The Morgan fingerprint density at radius 1 is 0.917 bits per heavy atom. The van der Waals surface area contributed by atoms with Crippen LogP contribution in [0.15, 0.2) is 76.2 Å². The van der Waals surface area contributed by atoms with Gasteiger partial charge in [0.05, 0.1) is 23.4 Å². The molecule has 5 heteroatoms. The Morgan fingerprint density at radius 2 is 1.67 bits per heavy atom. The number of anilines is 1. The number of aryl methyl sites for hydroxylation is 2. The normalized spacial score (nSPS) is 11.4. The molecule has 0 amide bonds. The molecular weight excluding hydrogens is 322 g/mol. The highest BCUT2D eigenvalue weighted by atomic mass is 32.2. The molecule has 0 atom stereocenters. The molecule has 124 valence electrons. The lowest BCUT2D eigenvalue weighted by molar-refractivity contribution is 0.508. The van der Waals surface area contributed by atoms with E-state index in [4.69, 9.17) is 4.42 Å². The van der Waals surface area contributed by atoms with Crippen molar-refractivity contribution in [2.75, 3.05) is 4.31 Å². The number of hydrogen-bond acceptors (Lipinski definition) is 3. The Hall–Kier alpha value is -2.53. The Labute approximate surface area is 142 Å². The molecule has 1 heterocycles. The van der Waals surface area contributed by atoms with Crippen molar-refractivity contribution in [2.45, 2.75) is 25.3 Å². The molecule has 3 aromatic rings. The minimum Gasteiger partial charge on any atom is -0.467 e. The van der Waals surface area contributed by atoms with E-state index in [0.29, 0.717) is 11.4 Å². The maximum Gasteiger partial charge on any atom is 0.264 e. The predicted molar refractivity (Wildman–Crippen MR) is 94.4 cm³/mol. The van der Waals surface area contributed by atoms with Gasteiger partial charge in [0.15, 0.2) is 0 Å². The molecular formula is C19H19NO3S. The molecule has 1 aromatic heterocycles. The van der Waals surface area contributed by atoms with Gasteiger partial charge in [0.25, 0.3) is 10.0 Å². The van der Waals surface area contributed by atoms with Gasteiger partial charge in [-0.3, -0.25) is 4.31 Å². The van der Waals surface area contributed by atoms with Gasteiger partial charge in [-0.1, -0.05) is 24.3 Å². The van der Waals surface area contributed by atoms with Crippen molar-refractivity contribution in [2.24, 2.45) is 0 Å². The summed E-state index contributed by atoms with van der Waals surface area (Å²) in [7, 11) is -3.70. The van der Waals surface area contributed by atoms with Gasteiger partial charge < -0.3 is 4.42 Å². The second-order valence-electron chi connectivity index (χ2n) is 5.67. The van der Waals surface area contributed by atoms with E-state index >= 15 is 0 Å². The highest BCUT2D eigenvalue weighted by Crippen LogP contribution is 2.27. The second kappa shape index (κ2) is 6.53. The fourth-order valence-corrected chi connectivity index (χ4v) is 3.97. The summed E-state index contributed by atoms with van der Waals surface area (Å²) in [6.07, 6.45) is 1.54. The number of rotatable bonds is 5. The zero-order valence-electron chi connectivity index (χ0n) is 13.6. The molecule has 2 aromatic carbocycles. The summed E-state index contributed by atoms with van der Waals surface area (Å²) in [5.74, 6) is 0.589. The molecule has 3 rings (SSSR count). The van der Waals surface area contributed by atoms with Gasteiger partial charge in [-0.25, -0.2) is 8.42 Å². The Bertz CT molecular complexity index is 917. The number of sulfonamides is 1. The van der Waals surface area contributed by atoms with E-state index in [1.165, 1.54) is 4.31 Å². The summed E-state index contributed by atoms with van der Waals surface area (Å²) in [6, 6.07) is 17.8. The molecule has 0 aliphatic heterocycles. The van der Waals surface area contributed by atoms with E-state index < -0.39 is 10.0 Å². The lowest BCUT2D eigenvalue weighted by Gasteiger charge is -2.24. The molecule has 0 fully saturated rings. The number of benzene rings is 2. The van der Waals surface area contributed by atoms with Crippen LogP contribution in [0.2, 0.25) is 0 Å². The van der Waals surface area contributed by atoms with Crippen molar-refractivity contribution in [1.82, 2.24) is 0 Å². The third kappa shape index (κ3) is 3.21. The van der Waals surface area contributed by atoms with E-state index in [-0.39, 0.29) is 11.4 Å². The minimum absolute atomic E-state index is 0.145. The van der Waals surface area contributed by atoms with Crippen molar-refractivity contribution in [3.63, 3.8) is 0 Å². The molecule has 0 unspecified atom stereocenters. The van der Waals surface area contributed by atoms with Crippen LogP contribution >= 0.6 is 0 Å². The summed E-state index contributed by atoms with van der Waals surface area (Å²) < 4.78 is 33.1. The van der Waals surface area contributed by atoms with Gasteiger partial charge in [0, 0.05) is 0 Å². The molecule has 0 radical (unpaired) electrons. The van der Waals surface area contributed by atoms with Crippen LogP contribution < -0.4 is 4.31 Å². The first-order chi connectivity index (χ1) is 11.5. The van der Waals surface area contributed by atoms with Crippen molar-refractivity contribution < 1.29 is 12.8 Å². The molecule has 0 aliphatic carbocycles. The van der Waals surface area contributed by atoms with Crippen molar-refractivity contribution in [1.29, 1.82) is 0 Å². The maximum atomic E-state index is 13.2. The summed E-state index contributed by atoms with van der Waals surface area (Å²) in [5.41, 5.74) is 2.61. The summed E-state index contributed by atoms with van der Waals surface area (Å²) >= 11 is 0. The van der Waals surface area contributed by atoms with Crippen LogP contribution in [-0.4, -0.2) is 8.42 Å². The Balaban J connectivity index is 2.08. The molecule has 0 aliphatic rings. The van der Waals surface area contributed by atoms with Gasteiger partial charge in [-0.15, -0.1) is 0 Å². The number of nitrogens with zero attached hydrogens (tertiary/aromatic N) is 1. The highest BCUT2D eigenvalue weighted by Gasteiger charge is 2.26. The lowest BCUT2D eigenvalue weighted by Crippen LogP contribution is -2.30. The number of furan rings is 1. The van der Waals surface area contributed by atoms with Crippen LogP contribution in [0.25, 0.3) is 0 Å². The molecule has 0 spiro atoms. The fraction of sp³-hybridized carbons (Fsp3) is 0.158. The summed E-state index contributed by atoms with van der Waals surface area (Å²) in [4.78, 5) is 0.279. The standard InChI is InChI=1S/C19H19NO3S/c1-15-10-11-19(13-16(15)2)24(21,22)20(14-18-9-6-12-23-18)17-7-4-3-5-8-17/h3-13H,14H2,1-2H3. The van der Waals surface area contributed by atoms with E-state index in [1.807, 2.05) is 38.1 Å². The van der Waals surface area contributed by atoms with Crippen molar-refractivity contribution in [3.8, 4) is 0 Å². The molecule has 0 saturated heterocycles. The van der Waals surface area contributed by atoms with Crippen LogP contribution in [0.1, 0.15) is 16.9 Å². The average molecular weight is 341 g/mol. The van der Waals surface area contributed by atoms with Crippen LogP contribution in [0.4, 0.5) is 5.69 Å². The smallest absolute Gasteiger partial charge is 0.264 e. The van der Waals surface area contributed by atoms with Gasteiger partial charge >= 0.3 is 0 Å². The zero-order valence-corrected chi connectivity index (χ0v) is 14.5. The Morgan fingerprint density at radius 3 is 2.29 bits per heavy atom. The zero-order chi connectivity index (χ0) is 17.2. The quantitative estimate of drug-likeness (QED) is 0.695. The predicted octanol–water partition coefficient (Wildman–Crippen LogP) is 4.29. The monoisotopic (exact) mass is 341 g/mol. The van der Waals surface area contributed by atoms with Gasteiger partial charge in [-0.05, 0) is 61.4 Å². The topological polar surface area (TPSA) is 50.5 Å². The van der Waals surface area contributed by atoms with Crippen LogP contribution in [0.5, 0.6) is 0 Å². The van der Waals surface area contributed by atoms with Gasteiger partial charge in [-0.2, -0.15) is 0 Å². The lowest BCUT2D eigenvalue weighted by atomic mass is 10.1. The molecule has 0 saturated carbocycles. The molecule has 0 bridgehead atoms. The first kappa shape index (κ1) is 16.3. The third-order valence-electron chi connectivity index (χ3n) is 3.99. The first-order valence-electron chi connectivity index (χ1n) is 7.66. The van der Waals surface area contributed by atoms with Crippen molar-refractivity contribution in [3.05, 3.63) is 83.8 Å². The largest absolute Gasteiger partial charge is 0.467 e. The van der Waals surface area contributed by atoms with E-state index in [1.54, 1.807) is 42.7 Å². The minimum atomic E-state index is -3.70. The molecule has 4 nitrogen and oxygen atoms in total. The summed E-state index contributed by atoms with van der Waals surface area (Å²) in [5, 5.41) is 0. The fourth-order valence-electron chi connectivity index (χ4n) is 2.45. The maximum absolute atomic E-state index is 13.2. The van der Waals surface area contributed by atoms with Gasteiger partial charge in [0.2, 0.25) is 0 Å². The summed E-state index contributed by atoms with van der Waals surface area (Å²) in [6.45, 7) is 4.02. The SMILES string of the molecule is Cc1ccc(S(=O)(=O)N(Cc2ccco2)c2ccccc2)cc1C. The second-order valence-corrected chi connectivity index (χ2v) is 7.53. The number of hydrogen-bond donors (Lipinski definition) is 0. The molecule has 0 N–H and O–H groups in total. The van der Waals surface area contributed by atoms with E-state index in [9.17, 15) is 8.42 Å². The first-order valence-corrected chi connectivity index (χ1v) is 9.10. The molecule has 24 heavy (non-hydrogen) atoms. The number of para-hydroxylation sites is 1. The van der Waals surface area contributed by atoms with Crippen LogP contribution in [-0.2, 0) is 16.6 Å². The van der Waals surface area contributed by atoms with Gasteiger partial charge in [0.1, 0.15) is 5.76 Å². The van der Waals surface area contributed by atoms with Crippen molar-refractivity contribution >= 4 is 15.7 Å². The van der Waals surface area contributed by atoms with E-state index in [2.05, 4.69) is 0 Å². The van der Waals surface area contributed by atoms with E-state index in [0.717, 1.165) is 11.1 Å².